The number of ether oxygens (including phenoxy) is 1. The van der Waals surface area contributed by atoms with Crippen molar-refractivity contribution in [3.63, 3.8) is 0 Å². The number of amides is 1. The molecule has 1 amide bonds. The summed E-state index contributed by atoms with van der Waals surface area (Å²) in [5.74, 6) is 1.78. The molecular formula is C18H23N3O2. The Morgan fingerprint density at radius 3 is 2.74 bits per heavy atom. The molecule has 122 valence electrons. The highest BCUT2D eigenvalue weighted by Gasteiger charge is 2.30. The fraction of sp³-hybridized carbons (Fsp3) is 0.444. The van der Waals surface area contributed by atoms with Crippen LogP contribution in [0.15, 0.2) is 30.5 Å². The van der Waals surface area contributed by atoms with Crippen LogP contribution in [0.4, 0.5) is 5.82 Å². The van der Waals surface area contributed by atoms with E-state index in [9.17, 15) is 4.79 Å². The third-order valence-corrected chi connectivity index (χ3v) is 4.09. The topological polar surface area (TPSA) is 56.1 Å². The molecule has 0 radical (unpaired) electrons. The van der Waals surface area contributed by atoms with Crippen LogP contribution in [0, 0.1) is 0 Å². The Morgan fingerprint density at radius 1 is 1.35 bits per heavy atom. The second-order valence-corrected chi connectivity index (χ2v) is 6.21. The highest BCUT2D eigenvalue weighted by atomic mass is 16.5. The predicted octanol–water partition coefficient (Wildman–Crippen LogP) is 3.73. The first-order valence-corrected chi connectivity index (χ1v) is 8.20. The van der Waals surface area contributed by atoms with E-state index in [1.54, 1.807) is 0 Å². The Labute approximate surface area is 136 Å². The highest BCUT2D eigenvalue weighted by Crippen LogP contribution is 2.38. The molecule has 2 aromatic rings. The minimum Gasteiger partial charge on any atom is -0.494 e. The van der Waals surface area contributed by atoms with E-state index in [4.69, 9.17) is 4.74 Å². The number of aromatic nitrogens is 2. The summed E-state index contributed by atoms with van der Waals surface area (Å²) in [6.07, 6.45) is 3.31. The minimum atomic E-state index is 0.0382. The van der Waals surface area contributed by atoms with Crippen LogP contribution in [0.25, 0.3) is 0 Å². The normalized spacial score (nSPS) is 17.0. The van der Waals surface area contributed by atoms with E-state index in [1.165, 1.54) is 0 Å². The van der Waals surface area contributed by atoms with Crippen molar-refractivity contribution in [2.45, 2.75) is 45.6 Å². The third-order valence-electron chi connectivity index (χ3n) is 4.09. The van der Waals surface area contributed by atoms with Crippen LogP contribution in [-0.4, -0.2) is 22.3 Å². The molecule has 0 aliphatic carbocycles. The minimum absolute atomic E-state index is 0.0382. The van der Waals surface area contributed by atoms with Gasteiger partial charge in [-0.05, 0) is 38.0 Å². The van der Waals surface area contributed by atoms with Gasteiger partial charge in [-0.2, -0.15) is 5.10 Å². The Bertz CT molecular complexity index is 689. The van der Waals surface area contributed by atoms with Crippen LogP contribution in [0.2, 0.25) is 0 Å². The summed E-state index contributed by atoms with van der Waals surface area (Å²) in [4.78, 5) is 12.1. The van der Waals surface area contributed by atoms with E-state index < -0.39 is 0 Å². The molecule has 1 N–H and O–H groups in total. The maximum atomic E-state index is 12.1. The number of rotatable bonds is 5. The summed E-state index contributed by atoms with van der Waals surface area (Å²) >= 11 is 0. The number of carbonyl (C=O) groups is 1. The van der Waals surface area contributed by atoms with Crippen molar-refractivity contribution >= 4 is 11.7 Å². The van der Waals surface area contributed by atoms with Crippen LogP contribution in [-0.2, 0) is 4.79 Å². The summed E-state index contributed by atoms with van der Waals surface area (Å²) in [7, 11) is 0. The zero-order valence-electron chi connectivity index (χ0n) is 13.9. The zero-order chi connectivity index (χ0) is 16.4. The lowest BCUT2D eigenvalue weighted by Crippen LogP contribution is -2.25. The van der Waals surface area contributed by atoms with E-state index in [2.05, 4.69) is 31.2 Å². The standard InChI is InChI=1S/C18H23N3O2/c1-4-9-23-14-7-5-13(6-8-14)15-10-17(22)20-18-16(15)11-19-21(18)12(2)3/h5-8,11-12,15H,4,9-10H2,1-3H3,(H,20,22). The van der Waals surface area contributed by atoms with Crippen molar-refractivity contribution < 1.29 is 9.53 Å². The van der Waals surface area contributed by atoms with Gasteiger partial charge < -0.3 is 10.1 Å². The number of carbonyl (C=O) groups excluding carboxylic acids is 1. The van der Waals surface area contributed by atoms with Crippen molar-refractivity contribution in [2.24, 2.45) is 0 Å². The summed E-state index contributed by atoms with van der Waals surface area (Å²) in [6, 6.07) is 8.26. The molecule has 2 heterocycles. The summed E-state index contributed by atoms with van der Waals surface area (Å²) in [5.41, 5.74) is 2.20. The molecule has 3 rings (SSSR count). The molecule has 0 fully saturated rings. The van der Waals surface area contributed by atoms with Crippen molar-refractivity contribution in [2.75, 3.05) is 11.9 Å². The van der Waals surface area contributed by atoms with Gasteiger partial charge in [0.1, 0.15) is 11.6 Å². The van der Waals surface area contributed by atoms with Crippen LogP contribution >= 0.6 is 0 Å². The largest absolute Gasteiger partial charge is 0.494 e. The Hall–Kier alpha value is -2.30. The van der Waals surface area contributed by atoms with Gasteiger partial charge in [-0.25, -0.2) is 4.68 Å². The monoisotopic (exact) mass is 313 g/mol. The van der Waals surface area contributed by atoms with Crippen LogP contribution < -0.4 is 10.1 Å². The van der Waals surface area contributed by atoms with Gasteiger partial charge in [0.2, 0.25) is 5.91 Å². The smallest absolute Gasteiger partial charge is 0.226 e. The summed E-state index contributed by atoms with van der Waals surface area (Å²) in [5, 5.41) is 7.41. The zero-order valence-corrected chi connectivity index (χ0v) is 13.9. The molecular weight excluding hydrogens is 290 g/mol. The second-order valence-electron chi connectivity index (χ2n) is 6.21. The Morgan fingerprint density at radius 2 is 2.09 bits per heavy atom. The van der Waals surface area contributed by atoms with E-state index in [0.717, 1.165) is 35.7 Å². The number of anilines is 1. The molecule has 0 saturated heterocycles. The van der Waals surface area contributed by atoms with Gasteiger partial charge in [0, 0.05) is 23.9 Å². The first kappa shape index (κ1) is 15.6. The number of nitrogens with zero attached hydrogens (tertiary/aromatic N) is 2. The predicted molar refractivity (Wildman–Crippen MR) is 89.9 cm³/mol. The maximum absolute atomic E-state index is 12.1. The average Bonchev–Trinajstić information content (AvgIpc) is 2.96. The molecule has 23 heavy (non-hydrogen) atoms. The molecule has 1 atom stereocenters. The number of nitrogens with one attached hydrogen (secondary N) is 1. The SMILES string of the molecule is CCCOc1ccc(C2CC(=O)Nc3c2cnn3C(C)C)cc1. The lowest BCUT2D eigenvalue weighted by molar-refractivity contribution is -0.116. The lowest BCUT2D eigenvalue weighted by Gasteiger charge is -2.24. The molecule has 0 saturated carbocycles. The van der Waals surface area contributed by atoms with Gasteiger partial charge in [-0.15, -0.1) is 0 Å². The summed E-state index contributed by atoms with van der Waals surface area (Å²) in [6.45, 7) is 6.92. The van der Waals surface area contributed by atoms with Gasteiger partial charge in [-0.1, -0.05) is 19.1 Å². The van der Waals surface area contributed by atoms with Crippen molar-refractivity contribution in [3.05, 3.63) is 41.6 Å². The van der Waals surface area contributed by atoms with Gasteiger partial charge >= 0.3 is 0 Å². The molecule has 1 aliphatic heterocycles. The molecule has 1 aromatic carbocycles. The highest BCUT2D eigenvalue weighted by molar-refractivity contribution is 5.94. The van der Waals surface area contributed by atoms with Gasteiger partial charge in [0.25, 0.3) is 0 Å². The van der Waals surface area contributed by atoms with Crippen LogP contribution in [0.1, 0.15) is 56.7 Å². The van der Waals surface area contributed by atoms with Crippen LogP contribution in [0.3, 0.4) is 0 Å². The Balaban J connectivity index is 1.90. The lowest BCUT2D eigenvalue weighted by atomic mass is 9.87. The van der Waals surface area contributed by atoms with E-state index in [-0.39, 0.29) is 17.9 Å². The van der Waals surface area contributed by atoms with Crippen LogP contribution in [0.5, 0.6) is 5.75 Å². The molecule has 1 unspecified atom stereocenters. The molecule has 0 bridgehead atoms. The molecule has 5 nitrogen and oxygen atoms in total. The number of hydrogen-bond donors (Lipinski definition) is 1. The molecule has 5 heteroatoms. The summed E-state index contributed by atoms with van der Waals surface area (Å²) < 4.78 is 7.50. The molecule has 0 spiro atoms. The fourth-order valence-corrected chi connectivity index (χ4v) is 2.94. The Kier molecular flexibility index (Phi) is 4.37. The van der Waals surface area contributed by atoms with Crippen molar-refractivity contribution in [3.8, 4) is 5.75 Å². The van der Waals surface area contributed by atoms with E-state index in [1.807, 2.05) is 35.1 Å². The van der Waals surface area contributed by atoms with Gasteiger partial charge in [0.05, 0.1) is 12.8 Å². The molecule has 1 aliphatic rings. The number of benzene rings is 1. The molecule has 1 aromatic heterocycles. The van der Waals surface area contributed by atoms with Crippen molar-refractivity contribution in [1.29, 1.82) is 0 Å². The third kappa shape index (κ3) is 3.09. The first-order chi connectivity index (χ1) is 11.1. The fourth-order valence-electron chi connectivity index (χ4n) is 2.94. The van der Waals surface area contributed by atoms with E-state index >= 15 is 0 Å². The second kappa shape index (κ2) is 6.44. The first-order valence-electron chi connectivity index (χ1n) is 8.20. The maximum Gasteiger partial charge on any atom is 0.226 e. The number of fused-ring (bicyclic) bond motifs is 1. The van der Waals surface area contributed by atoms with Gasteiger partial charge in [0.15, 0.2) is 0 Å². The van der Waals surface area contributed by atoms with Gasteiger partial charge in [-0.3, -0.25) is 4.79 Å². The average molecular weight is 313 g/mol. The van der Waals surface area contributed by atoms with E-state index in [0.29, 0.717) is 6.42 Å². The number of hydrogen-bond acceptors (Lipinski definition) is 3. The van der Waals surface area contributed by atoms with Crippen molar-refractivity contribution in [1.82, 2.24) is 9.78 Å². The quantitative estimate of drug-likeness (QED) is 0.915.